The first-order valence-electron chi connectivity index (χ1n) is 7.49. The number of aliphatic carboxylic acids is 1. The van der Waals surface area contributed by atoms with Crippen molar-refractivity contribution in [1.82, 2.24) is 9.97 Å². The van der Waals surface area contributed by atoms with Gasteiger partial charge in [-0.1, -0.05) is 72.4 Å². The van der Waals surface area contributed by atoms with Gasteiger partial charge in [0, 0.05) is 5.56 Å². The van der Waals surface area contributed by atoms with Gasteiger partial charge in [-0.15, -0.1) is 0 Å². The van der Waals surface area contributed by atoms with Crippen molar-refractivity contribution in [3.63, 3.8) is 0 Å². The quantitative estimate of drug-likeness (QED) is 0.554. The van der Waals surface area contributed by atoms with E-state index >= 15 is 0 Å². The lowest BCUT2D eigenvalue weighted by molar-refractivity contribution is -0.136. The normalized spacial score (nSPS) is 11.9. The van der Waals surface area contributed by atoms with Crippen LogP contribution >= 0.6 is 11.8 Å². The smallest absolute Gasteiger partial charge is 0.321 e. The summed E-state index contributed by atoms with van der Waals surface area (Å²) in [6.07, 6.45) is 0. The molecule has 0 spiro atoms. The fraction of sp³-hybridized carbons (Fsp3) is 0.105. The van der Waals surface area contributed by atoms with Gasteiger partial charge in [-0.25, -0.2) is 9.97 Å². The molecule has 3 aromatic rings. The molecule has 120 valence electrons. The summed E-state index contributed by atoms with van der Waals surface area (Å²) in [5, 5.41) is 9.53. The summed E-state index contributed by atoms with van der Waals surface area (Å²) in [4.78, 5) is 20.5. The average molecular weight is 336 g/mol. The first kappa shape index (κ1) is 16.2. The molecular formula is C19H16N2O2S. The maximum atomic E-state index is 11.7. The van der Waals surface area contributed by atoms with Crippen molar-refractivity contribution in [3.8, 4) is 11.3 Å². The number of benzene rings is 2. The number of rotatable bonds is 5. The molecule has 4 nitrogen and oxygen atoms in total. The van der Waals surface area contributed by atoms with Gasteiger partial charge in [0.2, 0.25) is 0 Å². The number of carboxylic acid groups (broad SMARTS) is 1. The topological polar surface area (TPSA) is 63.1 Å². The molecule has 0 fully saturated rings. The first-order valence-corrected chi connectivity index (χ1v) is 8.37. The number of nitrogens with zero attached hydrogens (tertiary/aromatic N) is 2. The van der Waals surface area contributed by atoms with Crippen molar-refractivity contribution < 1.29 is 9.90 Å². The van der Waals surface area contributed by atoms with Gasteiger partial charge in [0.1, 0.15) is 16.1 Å². The van der Waals surface area contributed by atoms with Crippen LogP contribution < -0.4 is 0 Å². The average Bonchev–Trinajstić information content (AvgIpc) is 2.60. The van der Waals surface area contributed by atoms with Crippen LogP contribution in [-0.4, -0.2) is 21.0 Å². The molecule has 5 heteroatoms. The first-order chi connectivity index (χ1) is 11.6. The summed E-state index contributed by atoms with van der Waals surface area (Å²) >= 11 is 1.22. The maximum absolute atomic E-state index is 11.7. The Morgan fingerprint density at radius 2 is 1.62 bits per heavy atom. The molecule has 1 aromatic heterocycles. The summed E-state index contributed by atoms with van der Waals surface area (Å²) in [6, 6.07) is 20.8. The van der Waals surface area contributed by atoms with E-state index in [-0.39, 0.29) is 0 Å². The highest BCUT2D eigenvalue weighted by molar-refractivity contribution is 8.00. The summed E-state index contributed by atoms with van der Waals surface area (Å²) in [5.74, 6) is -0.264. The molecule has 0 saturated heterocycles. The second-order valence-corrected chi connectivity index (χ2v) is 6.38. The number of thioether (sulfide) groups is 1. The van der Waals surface area contributed by atoms with Gasteiger partial charge in [0.15, 0.2) is 0 Å². The minimum atomic E-state index is -0.885. The third-order valence-corrected chi connectivity index (χ3v) is 4.61. The molecule has 1 unspecified atom stereocenters. The van der Waals surface area contributed by atoms with Crippen LogP contribution in [0.2, 0.25) is 0 Å². The molecule has 0 amide bonds. The van der Waals surface area contributed by atoms with E-state index in [2.05, 4.69) is 9.97 Å². The van der Waals surface area contributed by atoms with E-state index in [1.807, 2.05) is 73.7 Å². The van der Waals surface area contributed by atoms with Crippen LogP contribution in [0.4, 0.5) is 0 Å². The number of aromatic nitrogens is 2. The monoisotopic (exact) mass is 336 g/mol. The highest BCUT2D eigenvalue weighted by Gasteiger charge is 2.22. The second-order valence-electron chi connectivity index (χ2n) is 5.25. The van der Waals surface area contributed by atoms with Gasteiger partial charge in [-0.2, -0.15) is 0 Å². The highest BCUT2D eigenvalue weighted by Crippen LogP contribution is 2.35. The van der Waals surface area contributed by atoms with Crippen molar-refractivity contribution in [1.29, 1.82) is 0 Å². The molecule has 1 heterocycles. The summed E-state index contributed by atoms with van der Waals surface area (Å²) in [5.41, 5.74) is 2.52. The van der Waals surface area contributed by atoms with Crippen molar-refractivity contribution >= 4 is 17.7 Å². The zero-order valence-electron chi connectivity index (χ0n) is 13.1. The minimum Gasteiger partial charge on any atom is -0.480 e. The lowest BCUT2D eigenvalue weighted by Gasteiger charge is -2.13. The van der Waals surface area contributed by atoms with Crippen molar-refractivity contribution in [2.75, 3.05) is 0 Å². The Balaban J connectivity index is 1.94. The Labute approximate surface area is 144 Å². The zero-order valence-corrected chi connectivity index (χ0v) is 13.9. The molecule has 0 aliphatic heterocycles. The van der Waals surface area contributed by atoms with Gasteiger partial charge >= 0.3 is 5.97 Å². The zero-order chi connectivity index (χ0) is 16.9. The molecule has 0 aliphatic carbocycles. The van der Waals surface area contributed by atoms with E-state index in [0.717, 1.165) is 16.8 Å². The van der Waals surface area contributed by atoms with Gasteiger partial charge in [0.05, 0.1) is 5.69 Å². The molecule has 2 aromatic carbocycles. The Kier molecular flexibility index (Phi) is 4.91. The fourth-order valence-electron chi connectivity index (χ4n) is 2.37. The molecule has 0 saturated carbocycles. The predicted molar refractivity (Wildman–Crippen MR) is 94.9 cm³/mol. The van der Waals surface area contributed by atoms with Gasteiger partial charge in [-0.05, 0) is 18.6 Å². The van der Waals surface area contributed by atoms with Crippen LogP contribution in [0, 0.1) is 6.92 Å². The van der Waals surface area contributed by atoms with Gasteiger partial charge < -0.3 is 5.11 Å². The van der Waals surface area contributed by atoms with E-state index < -0.39 is 11.2 Å². The van der Waals surface area contributed by atoms with Crippen LogP contribution in [-0.2, 0) is 4.79 Å². The largest absolute Gasteiger partial charge is 0.480 e. The third kappa shape index (κ3) is 3.81. The van der Waals surface area contributed by atoms with E-state index in [0.29, 0.717) is 10.9 Å². The molecule has 1 atom stereocenters. The standard InChI is InChI=1S/C19H16N2O2S/c1-13-20-16(14-8-4-2-5-9-14)12-17(21-13)24-18(19(22)23)15-10-6-3-7-11-15/h2-12,18H,1H3,(H,22,23). The highest BCUT2D eigenvalue weighted by atomic mass is 32.2. The minimum absolute atomic E-state index is 0.621. The summed E-state index contributed by atoms with van der Waals surface area (Å²) < 4.78 is 0. The summed E-state index contributed by atoms with van der Waals surface area (Å²) in [7, 11) is 0. The molecule has 0 aliphatic rings. The number of hydrogen-bond acceptors (Lipinski definition) is 4. The van der Waals surface area contributed by atoms with Crippen molar-refractivity contribution in [3.05, 3.63) is 78.1 Å². The lowest BCUT2D eigenvalue weighted by Crippen LogP contribution is -2.08. The third-order valence-electron chi connectivity index (χ3n) is 3.45. The van der Waals surface area contributed by atoms with Crippen LogP contribution in [0.25, 0.3) is 11.3 Å². The van der Waals surface area contributed by atoms with E-state index in [4.69, 9.17) is 0 Å². The SMILES string of the molecule is Cc1nc(SC(C(=O)O)c2ccccc2)cc(-c2ccccc2)n1. The predicted octanol–water partition coefficient (Wildman–Crippen LogP) is 4.37. The molecular weight excluding hydrogens is 320 g/mol. The second kappa shape index (κ2) is 7.27. The van der Waals surface area contributed by atoms with Crippen molar-refractivity contribution in [2.24, 2.45) is 0 Å². The van der Waals surface area contributed by atoms with Crippen LogP contribution in [0.1, 0.15) is 16.6 Å². The number of carbonyl (C=O) groups is 1. The van der Waals surface area contributed by atoms with Crippen molar-refractivity contribution in [2.45, 2.75) is 17.2 Å². The Bertz CT molecular complexity index is 839. The van der Waals surface area contributed by atoms with Crippen LogP contribution in [0.5, 0.6) is 0 Å². The Morgan fingerprint density at radius 3 is 2.25 bits per heavy atom. The molecule has 24 heavy (non-hydrogen) atoms. The van der Waals surface area contributed by atoms with E-state index in [9.17, 15) is 9.90 Å². The van der Waals surface area contributed by atoms with Crippen LogP contribution in [0.3, 0.4) is 0 Å². The van der Waals surface area contributed by atoms with E-state index in [1.165, 1.54) is 11.8 Å². The molecule has 0 radical (unpaired) electrons. The number of aryl methyl sites for hydroxylation is 1. The van der Waals surface area contributed by atoms with Gasteiger partial charge in [-0.3, -0.25) is 4.79 Å². The maximum Gasteiger partial charge on any atom is 0.321 e. The summed E-state index contributed by atoms with van der Waals surface area (Å²) in [6.45, 7) is 1.81. The van der Waals surface area contributed by atoms with E-state index in [1.54, 1.807) is 0 Å². The number of carboxylic acids is 1. The fourth-order valence-corrected chi connectivity index (χ4v) is 3.37. The Morgan fingerprint density at radius 1 is 1.00 bits per heavy atom. The lowest BCUT2D eigenvalue weighted by atomic mass is 10.1. The Hall–Kier alpha value is -2.66. The molecule has 0 bridgehead atoms. The number of hydrogen-bond donors (Lipinski definition) is 1. The van der Waals surface area contributed by atoms with Crippen LogP contribution in [0.15, 0.2) is 71.8 Å². The van der Waals surface area contributed by atoms with Gasteiger partial charge in [0.25, 0.3) is 0 Å². The molecule has 1 N–H and O–H groups in total. The molecule has 3 rings (SSSR count).